The Morgan fingerprint density at radius 3 is 2.67 bits per heavy atom. The number of ketones is 1. The molecule has 0 bridgehead atoms. The molecule has 3 rings (SSSR count). The first kappa shape index (κ1) is 18.9. The summed E-state index contributed by atoms with van der Waals surface area (Å²) in [6.45, 7) is 7.41. The number of likely N-dealkylation sites (N-methyl/N-ethyl adjacent to an activating group) is 1. The molecule has 0 fully saturated rings. The molecule has 2 aromatic heterocycles. The third kappa shape index (κ3) is 3.79. The van der Waals surface area contributed by atoms with E-state index in [-0.39, 0.29) is 29.6 Å². The predicted molar refractivity (Wildman–Crippen MR) is 98.8 cm³/mol. The first-order valence-electron chi connectivity index (χ1n) is 8.80. The van der Waals surface area contributed by atoms with Gasteiger partial charge >= 0.3 is 0 Å². The maximum absolute atomic E-state index is 12.8. The maximum atomic E-state index is 12.8. The van der Waals surface area contributed by atoms with Crippen LogP contribution in [0.25, 0.3) is 0 Å². The third-order valence-electron chi connectivity index (χ3n) is 4.74. The number of fused-ring (bicyclic) bond motifs is 1. The van der Waals surface area contributed by atoms with Crippen LogP contribution in [0.3, 0.4) is 0 Å². The number of nitrogens with zero attached hydrogens (tertiary/aromatic N) is 2. The molecule has 2 aromatic rings. The Bertz CT molecular complexity index is 922. The summed E-state index contributed by atoms with van der Waals surface area (Å²) < 4.78 is 4.89. The number of amides is 2. The van der Waals surface area contributed by atoms with E-state index >= 15 is 0 Å². The molecule has 0 spiro atoms. The van der Waals surface area contributed by atoms with E-state index in [0.717, 1.165) is 5.69 Å². The molecule has 8 heteroatoms. The number of hydrogen-bond donors (Lipinski definition) is 2. The van der Waals surface area contributed by atoms with Crippen molar-refractivity contribution in [2.45, 2.75) is 40.5 Å². The molecule has 27 heavy (non-hydrogen) atoms. The zero-order valence-electron chi connectivity index (χ0n) is 16.2. The van der Waals surface area contributed by atoms with Crippen molar-refractivity contribution in [3.8, 4) is 0 Å². The second-order valence-electron chi connectivity index (χ2n) is 7.95. The van der Waals surface area contributed by atoms with Gasteiger partial charge in [0.2, 0.25) is 5.91 Å². The van der Waals surface area contributed by atoms with Gasteiger partial charge in [-0.05, 0) is 31.2 Å². The summed E-state index contributed by atoms with van der Waals surface area (Å²) in [6, 6.07) is 1.59. The van der Waals surface area contributed by atoms with Crippen molar-refractivity contribution in [2.24, 2.45) is 5.41 Å². The van der Waals surface area contributed by atoms with E-state index in [9.17, 15) is 14.4 Å². The summed E-state index contributed by atoms with van der Waals surface area (Å²) in [6.07, 6.45) is 1.17. The SMILES string of the molecule is Cc1cc(NC(=O)CN(C)C(=O)c2[nH]c3c(c2C)C(=O)CC(C)(C)C3)no1. The number of carbonyl (C=O) groups excluding carboxylic acids is 3. The summed E-state index contributed by atoms with van der Waals surface area (Å²) in [5.41, 5.74) is 2.29. The number of hydrogen-bond acceptors (Lipinski definition) is 5. The van der Waals surface area contributed by atoms with E-state index in [1.807, 2.05) is 13.8 Å². The minimum Gasteiger partial charge on any atom is -0.360 e. The van der Waals surface area contributed by atoms with Crippen LogP contribution in [0.5, 0.6) is 0 Å². The Balaban J connectivity index is 1.74. The average molecular weight is 372 g/mol. The first-order valence-corrected chi connectivity index (χ1v) is 8.80. The summed E-state index contributed by atoms with van der Waals surface area (Å²) in [5, 5.41) is 6.27. The molecule has 2 amide bonds. The van der Waals surface area contributed by atoms with Crippen molar-refractivity contribution < 1.29 is 18.9 Å². The van der Waals surface area contributed by atoms with Gasteiger partial charge in [0.15, 0.2) is 11.6 Å². The molecule has 0 unspecified atom stereocenters. The van der Waals surface area contributed by atoms with Crippen molar-refractivity contribution in [1.29, 1.82) is 0 Å². The van der Waals surface area contributed by atoms with Crippen molar-refractivity contribution in [1.82, 2.24) is 15.0 Å². The number of anilines is 1. The van der Waals surface area contributed by atoms with Crippen LogP contribution in [0, 0.1) is 19.3 Å². The lowest BCUT2D eigenvalue weighted by Gasteiger charge is -2.28. The molecule has 0 aliphatic heterocycles. The molecular weight excluding hydrogens is 348 g/mol. The highest BCUT2D eigenvalue weighted by molar-refractivity contribution is 6.05. The number of Topliss-reactive ketones (excluding diaryl/α,β-unsaturated/α-hetero) is 1. The van der Waals surface area contributed by atoms with E-state index in [2.05, 4.69) is 15.5 Å². The zero-order valence-corrected chi connectivity index (χ0v) is 16.2. The predicted octanol–water partition coefficient (Wildman–Crippen LogP) is 2.49. The highest BCUT2D eigenvalue weighted by atomic mass is 16.5. The maximum Gasteiger partial charge on any atom is 0.270 e. The van der Waals surface area contributed by atoms with Gasteiger partial charge in [0, 0.05) is 30.8 Å². The van der Waals surface area contributed by atoms with E-state index in [4.69, 9.17) is 4.52 Å². The van der Waals surface area contributed by atoms with Crippen molar-refractivity contribution in [2.75, 3.05) is 18.9 Å². The summed E-state index contributed by atoms with van der Waals surface area (Å²) in [7, 11) is 1.54. The number of aryl methyl sites for hydroxylation is 1. The smallest absolute Gasteiger partial charge is 0.270 e. The van der Waals surface area contributed by atoms with Crippen LogP contribution >= 0.6 is 0 Å². The molecular formula is C19H24N4O4. The topological polar surface area (TPSA) is 108 Å². The van der Waals surface area contributed by atoms with Crippen LogP contribution in [0.15, 0.2) is 10.6 Å². The monoisotopic (exact) mass is 372 g/mol. The number of aromatic nitrogens is 2. The molecule has 0 saturated carbocycles. The Morgan fingerprint density at radius 2 is 2.04 bits per heavy atom. The fourth-order valence-electron chi connectivity index (χ4n) is 3.53. The van der Waals surface area contributed by atoms with Crippen LogP contribution in [-0.2, 0) is 11.2 Å². The number of carbonyl (C=O) groups is 3. The van der Waals surface area contributed by atoms with Gasteiger partial charge in [-0.2, -0.15) is 0 Å². The fraction of sp³-hybridized carbons (Fsp3) is 0.474. The second kappa shape index (κ2) is 6.68. The zero-order chi connectivity index (χ0) is 19.9. The standard InChI is InChI=1S/C19H24N4O4/c1-10-6-14(22-27-10)21-15(25)9-23(5)18(26)17-11(2)16-12(20-17)7-19(3,4)8-13(16)24/h6,20H,7-9H2,1-5H3,(H,21,22,25). The molecule has 2 N–H and O–H groups in total. The minimum absolute atomic E-state index is 0.0517. The van der Waals surface area contributed by atoms with E-state index in [1.165, 1.54) is 4.90 Å². The normalized spacial score (nSPS) is 15.4. The largest absolute Gasteiger partial charge is 0.360 e. The summed E-state index contributed by atoms with van der Waals surface area (Å²) in [4.78, 5) is 41.9. The first-order chi connectivity index (χ1) is 12.6. The van der Waals surface area contributed by atoms with Gasteiger partial charge in [0.1, 0.15) is 11.5 Å². The van der Waals surface area contributed by atoms with Crippen molar-refractivity contribution in [3.63, 3.8) is 0 Å². The van der Waals surface area contributed by atoms with E-state index in [1.54, 1.807) is 27.0 Å². The third-order valence-corrected chi connectivity index (χ3v) is 4.74. The summed E-state index contributed by atoms with van der Waals surface area (Å²) >= 11 is 0. The van der Waals surface area contributed by atoms with Gasteiger partial charge in [-0.1, -0.05) is 19.0 Å². The van der Waals surface area contributed by atoms with Gasteiger partial charge in [0.05, 0.1) is 6.54 Å². The molecule has 2 heterocycles. The Labute approximate surface area is 157 Å². The van der Waals surface area contributed by atoms with Gasteiger partial charge in [-0.3, -0.25) is 14.4 Å². The highest BCUT2D eigenvalue weighted by Gasteiger charge is 2.35. The lowest BCUT2D eigenvalue weighted by atomic mass is 9.75. The molecule has 1 aliphatic rings. The molecule has 0 radical (unpaired) electrons. The molecule has 0 saturated heterocycles. The van der Waals surface area contributed by atoms with Gasteiger partial charge in [-0.15, -0.1) is 0 Å². The average Bonchev–Trinajstić information content (AvgIpc) is 3.08. The molecule has 0 atom stereocenters. The Kier molecular flexibility index (Phi) is 4.67. The van der Waals surface area contributed by atoms with Crippen LogP contribution in [0.2, 0.25) is 0 Å². The van der Waals surface area contributed by atoms with Gasteiger partial charge < -0.3 is 19.7 Å². The quantitative estimate of drug-likeness (QED) is 0.857. The van der Waals surface area contributed by atoms with Crippen LogP contribution in [0.4, 0.5) is 5.82 Å². The van der Waals surface area contributed by atoms with Gasteiger partial charge in [0.25, 0.3) is 5.91 Å². The highest BCUT2D eigenvalue weighted by Crippen LogP contribution is 2.36. The number of aromatic amines is 1. The Morgan fingerprint density at radius 1 is 1.33 bits per heavy atom. The number of nitrogens with one attached hydrogen (secondary N) is 2. The Hall–Kier alpha value is -2.90. The summed E-state index contributed by atoms with van der Waals surface area (Å²) in [5.74, 6) is 0.216. The molecule has 144 valence electrons. The van der Waals surface area contributed by atoms with Crippen molar-refractivity contribution in [3.05, 3.63) is 34.3 Å². The van der Waals surface area contributed by atoms with Crippen LogP contribution in [0.1, 0.15) is 58.1 Å². The number of rotatable bonds is 4. The van der Waals surface area contributed by atoms with E-state index in [0.29, 0.717) is 41.2 Å². The van der Waals surface area contributed by atoms with Crippen LogP contribution < -0.4 is 5.32 Å². The van der Waals surface area contributed by atoms with Crippen LogP contribution in [-0.4, -0.2) is 46.2 Å². The molecule has 0 aromatic carbocycles. The molecule has 8 nitrogen and oxygen atoms in total. The van der Waals surface area contributed by atoms with Gasteiger partial charge in [-0.25, -0.2) is 0 Å². The lowest BCUT2D eigenvalue weighted by molar-refractivity contribution is -0.116. The fourth-order valence-corrected chi connectivity index (χ4v) is 3.53. The van der Waals surface area contributed by atoms with Crippen molar-refractivity contribution >= 4 is 23.4 Å². The number of H-pyrrole nitrogens is 1. The molecule has 1 aliphatic carbocycles. The minimum atomic E-state index is -0.384. The lowest BCUT2D eigenvalue weighted by Crippen LogP contribution is -2.35. The second-order valence-corrected chi connectivity index (χ2v) is 7.95. The van der Waals surface area contributed by atoms with E-state index < -0.39 is 0 Å².